The van der Waals surface area contributed by atoms with E-state index in [1.165, 1.54) is 17.0 Å². The molecule has 0 bridgehead atoms. The number of carbonyl (C=O) groups is 2. The minimum Gasteiger partial charge on any atom is -0.507 e. The molecule has 3 N–H and O–H groups in total. The van der Waals surface area contributed by atoms with E-state index in [2.05, 4.69) is 15.7 Å². The second-order valence-corrected chi connectivity index (χ2v) is 8.31. The number of aromatic hydroxyl groups is 1. The standard InChI is InChI=1S/C26H24N4O5/c1-34-19-9-4-16(5-10-19)15-27-26(33)30-22(17-6-7-17)14-21(29-30)20-13-18(8-11-23(20)31)28-25(32)24-3-2-12-35-24/h2-5,8-14,17,31H,6-7,15H2,1H3,(H,27,33)(H,28,32). The average molecular weight is 473 g/mol. The van der Waals surface area contributed by atoms with Gasteiger partial charge in [0, 0.05) is 23.7 Å². The Bertz CT molecular complexity index is 1360. The molecular formula is C26H24N4O5. The van der Waals surface area contributed by atoms with Crippen molar-refractivity contribution < 1.29 is 23.8 Å². The first-order chi connectivity index (χ1) is 17.0. The lowest BCUT2D eigenvalue weighted by Crippen LogP contribution is -2.30. The average Bonchev–Trinajstić information content (AvgIpc) is 3.38. The number of anilines is 1. The Hall–Kier alpha value is -4.53. The van der Waals surface area contributed by atoms with Crippen LogP contribution in [0.25, 0.3) is 11.3 Å². The number of phenolic OH excluding ortho intramolecular Hbond substituents is 1. The third-order valence-corrected chi connectivity index (χ3v) is 5.80. The fraction of sp³-hybridized carbons (Fsp3) is 0.192. The summed E-state index contributed by atoms with van der Waals surface area (Å²) in [5.74, 6) is 0.746. The quantitative estimate of drug-likeness (QED) is 0.334. The molecule has 2 amide bonds. The predicted molar refractivity (Wildman–Crippen MR) is 129 cm³/mol. The zero-order valence-electron chi connectivity index (χ0n) is 19.0. The van der Waals surface area contributed by atoms with Gasteiger partial charge in [-0.25, -0.2) is 4.79 Å². The van der Waals surface area contributed by atoms with E-state index in [4.69, 9.17) is 9.15 Å². The van der Waals surface area contributed by atoms with Crippen LogP contribution in [0.1, 0.15) is 40.6 Å². The third-order valence-electron chi connectivity index (χ3n) is 5.80. The molecule has 1 aliphatic rings. The normalized spacial score (nSPS) is 12.8. The van der Waals surface area contributed by atoms with E-state index in [0.717, 1.165) is 29.8 Å². The van der Waals surface area contributed by atoms with Crippen LogP contribution in [0.2, 0.25) is 0 Å². The van der Waals surface area contributed by atoms with E-state index >= 15 is 0 Å². The van der Waals surface area contributed by atoms with Crippen LogP contribution in [0.5, 0.6) is 11.5 Å². The summed E-state index contributed by atoms with van der Waals surface area (Å²) in [4.78, 5) is 25.3. The number of hydrogen-bond donors (Lipinski definition) is 3. The molecule has 1 aliphatic carbocycles. The molecule has 0 saturated heterocycles. The highest BCUT2D eigenvalue weighted by Crippen LogP contribution is 2.42. The highest BCUT2D eigenvalue weighted by Gasteiger charge is 2.31. The summed E-state index contributed by atoms with van der Waals surface area (Å²) >= 11 is 0. The van der Waals surface area contributed by atoms with Gasteiger partial charge in [0.15, 0.2) is 5.76 Å². The molecule has 35 heavy (non-hydrogen) atoms. The Labute approximate surface area is 201 Å². The Balaban J connectivity index is 1.37. The number of furan rings is 1. The fourth-order valence-corrected chi connectivity index (χ4v) is 3.78. The van der Waals surface area contributed by atoms with Crippen molar-refractivity contribution in [2.75, 3.05) is 12.4 Å². The number of ether oxygens (including phenoxy) is 1. The number of nitrogens with one attached hydrogen (secondary N) is 2. The van der Waals surface area contributed by atoms with Crippen molar-refractivity contribution in [3.63, 3.8) is 0 Å². The van der Waals surface area contributed by atoms with Crippen LogP contribution in [0.3, 0.4) is 0 Å². The van der Waals surface area contributed by atoms with Crippen LogP contribution < -0.4 is 15.4 Å². The maximum atomic E-state index is 13.0. The maximum absolute atomic E-state index is 13.0. The lowest BCUT2D eigenvalue weighted by atomic mass is 10.1. The minimum atomic E-state index is -0.409. The van der Waals surface area contributed by atoms with Crippen molar-refractivity contribution in [3.05, 3.63) is 83.9 Å². The Morgan fingerprint density at radius 3 is 2.63 bits per heavy atom. The molecule has 0 radical (unpaired) electrons. The van der Waals surface area contributed by atoms with Gasteiger partial charge in [0.25, 0.3) is 5.91 Å². The van der Waals surface area contributed by atoms with E-state index in [9.17, 15) is 14.7 Å². The highest BCUT2D eigenvalue weighted by atomic mass is 16.5. The summed E-state index contributed by atoms with van der Waals surface area (Å²) < 4.78 is 11.7. The third kappa shape index (κ3) is 4.89. The van der Waals surface area contributed by atoms with Gasteiger partial charge in [-0.15, -0.1) is 0 Å². The van der Waals surface area contributed by atoms with E-state index in [-0.39, 0.29) is 23.5 Å². The summed E-state index contributed by atoms with van der Waals surface area (Å²) in [6.07, 6.45) is 3.37. The van der Waals surface area contributed by atoms with Crippen molar-refractivity contribution in [3.8, 4) is 22.8 Å². The Morgan fingerprint density at radius 1 is 1.14 bits per heavy atom. The molecule has 0 unspecified atom stereocenters. The van der Waals surface area contributed by atoms with Gasteiger partial charge in [-0.05, 0) is 66.9 Å². The Kier molecular flexibility index (Phi) is 5.97. The number of amides is 2. The van der Waals surface area contributed by atoms with Crippen molar-refractivity contribution >= 4 is 17.6 Å². The molecule has 5 rings (SSSR count). The van der Waals surface area contributed by atoms with Crippen molar-refractivity contribution in [2.24, 2.45) is 0 Å². The van der Waals surface area contributed by atoms with Crippen molar-refractivity contribution in [2.45, 2.75) is 25.3 Å². The first-order valence-electron chi connectivity index (χ1n) is 11.2. The van der Waals surface area contributed by atoms with E-state index < -0.39 is 5.91 Å². The summed E-state index contributed by atoms with van der Waals surface area (Å²) in [5, 5.41) is 20.6. The second kappa shape index (κ2) is 9.38. The SMILES string of the molecule is COc1ccc(CNC(=O)n2nc(-c3cc(NC(=O)c4ccco4)ccc3O)cc2C2CC2)cc1. The van der Waals surface area contributed by atoms with Gasteiger partial charge in [-0.2, -0.15) is 9.78 Å². The molecule has 2 aromatic carbocycles. The molecule has 4 aromatic rings. The molecule has 9 nitrogen and oxygen atoms in total. The molecule has 2 heterocycles. The smallest absolute Gasteiger partial charge is 0.342 e. The Morgan fingerprint density at radius 2 is 1.94 bits per heavy atom. The lowest BCUT2D eigenvalue weighted by molar-refractivity contribution is 0.0996. The van der Waals surface area contributed by atoms with Crippen molar-refractivity contribution in [1.29, 1.82) is 0 Å². The van der Waals surface area contributed by atoms with E-state index in [1.54, 1.807) is 31.4 Å². The zero-order chi connectivity index (χ0) is 24.4. The summed E-state index contributed by atoms with van der Waals surface area (Å²) in [7, 11) is 1.60. The predicted octanol–water partition coefficient (Wildman–Crippen LogP) is 4.74. The molecular weight excluding hydrogens is 448 g/mol. The molecule has 178 valence electrons. The summed E-state index contributed by atoms with van der Waals surface area (Å²) in [6.45, 7) is 0.335. The first kappa shape index (κ1) is 22.3. The van der Waals surface area contributed by atoms with Gasteiger partial charge in [0.2, 0.25) is 0 Å². The summed E-state index contributed by atoms with van der Waals surface area (Å²) in [5.41, 5.74) is 3.03. The molecule has 1 fully saturated rings. The molecule has 9 heteroatoms. The second-order valence-electron chi connectivity index (χ2n) is 8.31. The molecule has 0 aliphatic heterocycles. The van der Waals surface area contributed by atoms with Crippen molar-refractivity contribution in [1.82, 2.24) is 15.1 Å². The highest BCUT2D eigenvalue weighted by molar-refractivity contribution is 6.02. The van der Waals surface area contributed by atoms with Crippen LogP contribution in [0.4, 0.5) is 10.5 Å². The van der Waals surface area contributed by atoms with Crippen LogP contribution in [-0.4, -0.2) is 33.9 Å². The molecule has 1 saturated carbocycles. The maximum Gasteiger partial charge on any atom is 0.342 e. The number of aromatic nitrogens is 2. The number of phenols is 1. The van der Waals surface area contributed by atoms with Gasteiger partial charge in [0.1, 0.15) is 11.5 Å². The topological polar surface area (TPSA) is 119 Å². The van der Waals surface area contributed by atoms with Gasteiger partial charge >= 0.3 is 6.03 Å². The van der Waals surface area contributed by atoms with E-state index in [0.29, 0.717) is 23.5 Å². The van der Waals surface area contributed by atoms with Gasteiger partial charge in [-0.3, -0.25) is 4.79 Å². The van der Waals surface area contributed by atoms with Crippen LogP contribution >= 0.6 is 0 Å². The molecule has 0 atom stereocenters. The molecule has 2 aromatic heterocycles. The van der Waals surface area contributed by atoms with Crippen LogP contribution in [0, 0.1) is 0 Å². The first-order valence-corrected chi connectivity index (χ1v) is 11.2. The number of carbonyl (C=O) groups excluding carboxylic acids is 2. The summed E-state index contributed by atoms with van der Waals surface area (Å²) in [6, 6.07) is 16.8. The van der Waals surface area contributed by atoms with Gasteiger partial charge < -0.3 is 24.9 Å². The number of methoxy groups -OCH3 is 1. The lowest BCUT2D eigenvalue weighted by Gasteiger charge is -2.09. The number of benzene rings is 2. The van der Waals surface area contributed by atoms with E-state index in [1.807, 2.05) is 30.3 Å². The van der Waals surface area contributed by atoms with Gasteiger partial charge in [0.05, 0.1) is 24.8 Å². The minimum absolute atomic E-state index is 0.00774. The monoisotopic (exact) mass is 472 g/mol. The van der Waals surface area contributed by atoms with Gasteiger partial charge in [-0.1, -0.05) is 12.1 Å². The number of rotatable bonds is 7. The van der Waals surface area contributed by atoms with Crippen LogP contribution in [0.15, 0.2) is 71.3 Å². The zero-order valence-corrected chi connectivity index (χ0v) is 19.0. The number of hydrogen-bond acceptors (Lipinski definition) is 6. The largest absolute Gasteiger partial charge is 0.507 e. The molecule has 0 spiro atoms. The number of nitrogens with zero attached hydrogens (tertiary/aromatic N) is 2. The fourth-order valence-electron chi connectivity index (χ4n) is 3.78. The van der Waals surface area contributed by atoms with Crippen LogP contribution in [-0.2, 0) is 6.54 Å².